The zero-order valence-corrected chi connectivity index (χ0v) is 21.5. The number of hydrazone groups is 1. The summed E-state index contributed by atoms with van der Waals surface area (Å²) in [5.41, 5.74) is 5.75. The van der Waals surface area contributed by atoms with Gasteiger partial charge in [-0.3, -0.25) is 4.79 Å². The highest BCUT2D eigenvalue weighted by molar-refractivity contribution is 7.99. The lowest BCUT2D eigenvalue weighted by Gasteiger charge is -2.15. The topological polar surface area (TPSA) is 116 Å². The van der Waals surface area contributed by atoms with Crippen LogP contribution in [0.15, 0.2) is 77.0 Å². The summed E-state index contributed by atoms with van der Waals surface area (Å²) in [7, 11) is 1.62. The molecule has 0 spiro atoms. The number of ether oxygens (including phenoxy) is 2. The number of aryl methyl sites for hydroxylation is 1. The first-order chi connectivity index (χ1) is 18.0. The molecule has 1 heterocycles. The van der Waals surface area contributed by atoms with E-state index in [2.05, 4.69) is 20.7 Å². The van der Waals surface area contributed by atoms with Crippen molar-refractivity contribution in [3.8, 4) is 34.3 Å². The van der Waals surface area contributed by atoms with Gasteiger partial charge in [-0.05, 0) is 73.6 Å². The maximum atomic E-state index is 12.5. The Labute approximate surface area is 219 Å². The third kappa shape index (κ3) is 6.28. The summed E-state index contributed by atoms with van der Waals surface area (Å²) in [6, 6.07) is 20.6. The lowest BCUT2D eigenvalue weighted by Crippen LogP contribution is -2.34. The number of hydrogen-bond acceptors (Lipinski definition) is 7. The highest BCUT2D eigenvalue weighted by atomic mass is 32.2. The Morgan fingerprint density at radius 2 is 1.92 bits per heavy atom. The van der Waals surface area contributed by atoms with Crippen molar-refractivity contribution in [3.05, 3.63) is 77.9 Å². The molecule has 0 unspecified atom stereocenters. The summed E-state index contributed by atoms with van der Waals surface area (Å²) in [6.45, 7) is 4.22. The minimum Gasteiger partial charge on any atom is -0.870 e. The number of H-pyrrole nitrogens is 1. The molecule has 4 aromatic rings. The Kier molecular flexibility index (Phi) is 8.42. The van der Waals surface area contributed by atoms with E-state index in [1.165, 1.54) is 18.0 Å². The summed E-state index contributed by atoms with van der Waals surface area (Å²) >= 11 is 1.26. The summed E-state index contributed by atoms with van der Waals surface area (Å²) in [5.74, 6) is 1.23. The van der Waals surface area contributed by atoms with E-state index in [1.54, 1.807) is 32.2 Å². The molecule has 3 aromatic carbocycles. The fraction of sp³-hybridized carbons (Fsp3) is 0.185. The van der Waals surface area contributed by atoms with Crippen LogP contribution in [0.25, 0.3) is 17.1 Å². The second kappa shape index (κ2) is 12.1. The van der Waals surface area contributed by atoms with Gasteiger partial charge in [-0.1, -0.05) is 35.6 Å². The molecule has 0 atom stereocenters. The van der Waals surface area contributed by atoms with E-state index in [4.69, 9.17) is 9.47 Å². The van der Waals surface area contributed by atoms with Crippen molar-refractivity contribution in [2.45, 2.75) is 19.0 Å². The van der Waals surface area contributed by atoms with E-state index < -0.39 is 0 Å². The maximum absolute atomic E-state index is 12.5. The van der Waals surface area contributed by atoms with Crippen molar-refractivity contribution in [2.24, 2.45) is 5.10 Å². The fourth-order valence-corrected chi connectivity index (χ4v) is 4.27. The first-order valence-corrected chi connectivity index (χ1v) is 12.6. The van der Waals surface area contributed by atoms with Crippen molar-refractivity contribution in [2.75, 3.05) is 19.5 Å². The molecule has 2 N–H and O–H groups in total. The minimum atomic E-state index is -0.334. The molecule has 0 aliphatic rings. The molecule has 0 saturated carbocycles. The zero-order chi connectivity index (χ0) is 26.2. The van der Waals surface area contributed by atoms with Crippen molar-refractivity contribution in [1.29, 1.82) is 0 Å². The Morgan fingerprint density at radius 3 is 2.62 bits per heavy atom. The predicted octanol–water partition coefficient (Wildman–Crippen LogP) is 3.39. The number of hydrogen-bond donors (Lipinski definition) is 2. The quantitative estimate of drug-likeness (QED) is 0.144. The zero-order valence-electron chi connectivity index (χ0n) is 20.7. The van der Waals surface area contributed by atoms with Crippen molar-refractivity contribution in [1.82, 2.24) is 15.6 Å². The van der Waals surface area contributed by atoms with Gasteiger partial charge in [0.1, 0.15) is 17.2 Å². The minimum absolute atomic E-state index is 0.0688. The van der Waals surface area contributed by atoms with E-state index in [1.807, 2.05) is 60.0 Å². The second-order valence-electron chi connectivity index (χ2n) is 7.94. The van der Waals surface area contributed by atoms with Gasteiger partial charge in [0.15, 0.2) is 0 Å². The molecule has 1 aromatic heterocycles. The van der Waals surface area contributed by atoms with Gasteiger partial charge in [-0.15, -0.1) is 5.10 Å². The second-order valence-corrected chi connectivity index (χ2v) is 8.89. The summed E-state index contributed by atoms with van der Waals surface area (Å²) in [6.07, 6.45) is 1.32. The standard InChI is InChI=1S/C27H27N5O4S/c1-4-36-23-7-5-6-20(25(23)34)16-28-29-24(33)17-37-27-31-30-26(19-10-14-22(35-3)15-11-19)32(27)21-12-8-18(2)9-13-21/h5-16H,4,17H2,1-3H3,(H2,28,29,33,34). The largest absolute Gasteiger partial charge is 0.870 e. The van der Waals surface area contributed by atoms with Crippen molar-refractivity contribution in [3.63, 3.8) is 0 Å². The van der Waals surface area contributed by atoms with Gasteiger partial charge in [-0.25, -0.2) is 5.43 Å². The van der Waals surface area contributed by atoms with Gasteiger partial charge in [0, 0.05) is 0 Å². The van der Waals surface area contributed by atoms with Crippen LogP contribution in [0.5, 0.6) is 17.2 Å². The Balaban J connectivity index is 1.49. The normalized spacial score (nSPS) is 11.0. The van der Waals surface area contributed by atoms with Crippen LogP contribution < -0.4 is 24.6 Å². The number of thioether (sulfide) groups is 1. The fourth-order valence-electron chi connectivity index (χ4n) is 3.51. The van der Waals surface area contributed by atoms with E-state index in [0.717, 1.165) is 28.4 Å². The first kappa shape index (κ1) is 25.8. The van der Waals surface area contributed by atoms with Crippen LogP contribution in [0.1, 0.15) is 18.1 Å². The summed E-state index contributed by atoms with van der Waals surface area (Å²) < 4.78 is 12.5. The molecule has 4 rings (SSSR count). The van der Waals surface area contributed by atoms with Crippen LogP contribution >= 0.6 is 11.8 Å². The number of rotatable bonds is 10. The van der Waals surface area contributed by atoms with Crippen LogP contribution in [-0.2, 0) is 4.79 Å². The van der Waals surface area contributed by atoms with Gasteiger partial charge in [-0.2, -0.15) is 9.67 Å². The molecular weight excluding hydrogens is 490 g/mol. The molecule has 190 valence electrons. The highest BCUT2D eigenvalue weighted by Gasteiger charge is 2.24. The van der Waals surface area contributed by atoms with Gasteiger partial charge in [0.2, 0.25) is 0 Å². The molecule has 9 nitrogen and oxygen atoms in total. The molecule has 0 fully saturated rings. The number of nitrogens with zero attached hydrogens (tertiary/aromatic N) is 3. The average Bonchev–Trinajstić information content (AvgIpc) is 3.34. The third-order valence-electron chi connectivity index (χ3n) is 5.36. The van der Waals surface area contributed by atoms with Crippen LogP contribution in [0.2, 0.25) is 0 Å². The lowest BCUT2D eigenvalue weighted by atomic mass is 10.2. The number of aromatic amines is 1. The van der Waals surface area contributed by atoms with Crippen LogP contribution in [0.3, 0.4) is 0 Å². The van der Waals surface area contributed by atoms with Crippen LogP contribution in [0.4, 0.5) is 0 Å². The molecule has 10 heteroatoms. The van der Waals surface area contributed by atoms with Gasteiger partial charge < -0.3 is 14.6 Å². The number of aromatic nitrogens is 3. The van der Waals surface area contributed by atoms with Crippen molar-refractivity contribution >= 4 is 23.9 Å². The van der Waals surface area contributed by atoms with E-state index in [0.29, 0.717) is 17.3 Å². The number of amides is 1. The van der Waals surface area contributed by atoms with Crippen molar-refractivity contribution < 1.29 is 23.9 Å². The number of para-hydroxylation sites is 1. The van der Waals surface area contributed by atoms with Gasteiger partial charge in [0.05, 0.1) is 36.3 Å². The third-order valence-corrected chi connectivity index (χ3v) is 6.30. The maximum Gasteiger partial charge on any atom is 0.342 e. The molecule has 0 bridgehead atoms. The van der Waals surface area contributed by atoms with E-state index >= 15 is 0 Å². The molecule has 0 radical (unpaired) electrons. The number of carbonyl (C=O) groups excluding carboxylic acids is 1. The Hall–Kier alpha value is -4.31. The molecule has 0 aliphatic carbocycles. The Morgan fingerprint density at radius 1 is 1.16 bits per heavy atom. The number of methoxy groups -OCH3 is 1. The highest BCUT2D eigenvalue weighted by Crippen LogP contribution is 2.26. The monoisotopic (exact) mass is 517 g/mol. The van der Waals surface area contributed by atoms with Gasteiger partial charge in [0.25, 0.3) is 11.7 Å². The molecular formula is C27H27N5O4S. The first-order valence-electron chi connectivity index (χ1n) is 11.6. The van der Waals surface area contributed by atoms with Crippen LogP contribution in [0, 0.1) is 6.92 Å². The molecule has 0 aliphatic heterocycles. The Bertz CT molecular complexity index is 1390. The lowest BCUT2D eigenvalue weighted by molar-refractivity contribution is -0.625. The molecule has 37 heavy (non-hydrogen) atoms. The van der Waals surface area contributed by atoms with Gasteiger partial charge >= 0.3 is 5.16 Å². The number of benzene rings is 3. The molecule has 0 saturated heterocycles. The van der Waals surface area contributed by atoms with Crippen LogP contribution in [-0.4, -0.2) is 41.8 Å². The van der Waals surface area contributed by atoms with E-state index in [9.17, 15) is 9.90 Å². The summed E-state index contributed by atoms with van der Waals surface area (Å²) in [4.78, 5) is 12.5. The number of carbonyl (C=O) groups is 1. The number of nitrogens with one attached hydrogen (secondary N) is 2. The average molecular weight is 518 g/mol. The summed E-state index contributed by atoms with van der Waals surface area (Å²) in [5, 5.41) is 24.4. The molecule has 1 amide bonds. The predicted molar refractivity (Wildman–Crippen MR) is 140 cm³/mol. The smallest absolute Gasteiger partial charge is 0.342 e. The SMILES string of the molecule is CCOc1cccc(C=NNC(=O)CSc2n[nH]c(-c3ccc(OC)cc3)[n+]2-c2ccc(C)cc2)c1[O-]. The van der Waals surface area contributed by atoms with E-state index in [-0.39, 0.29) is 23.2 Å².